The maximum atomic E-state index is 11.7. The number of aliphatic carboxylic acids is 1. The van der Waals surface area contributed by atoms with Gasteiger partial charge >= 0.3 is 5.97 Å². The van der Waals surface area contributed by atoms with Crippen molar-refractivity contribution in [3.8, 4) is 5.69 Å². The first-order valence-corrected chi connectivity index (χ1v) is 6.64. The van der Waals surface area contributed by atoms with Gasteiger partial charge in [0.15, 0.2) is 0 Å². The van der Waals surface area contributed by atoms with Crippen molar-refractivity contribution in [3.05, 3.63) is 48.3 Å². The summed E-state index contributed by atoms with van der Waals surface area (Å²) < 4.78 is 7.02. The summed E-state index contributed by atoms with van der Waals surface area (Å²) in [5.74, 6) is -0.798. The Hall–Kier alpha value is -2.14. The number of hydrogen-bond acceptors (Lipinski definition) is 3. The molecule has 2 aromatic rings. The number of carboxylic acids is 1. The minimum atomic E-state index is -0.870. The Labute approximate surface area is 116 Å². The second-order valence-corrected chi connectivity index (χ2v) is 5.01. The number of benzene rings is 1. The minimum Gasteiger partial charge on any atom is -0.481 e. The summed E-state index contributed by atoms with van der Waals surface area (Å²) in [7, 11) is 0. The molecule has 2 heterocycles. The molecule has 1 N–H and O–H groups in total. The van der Waals surface area contributed by atoms with Crippen LogP contribution in [0.15, 0.2) is 42.7 Å². The van der Waals surface area contributed by atoms with Crippen molar-refractivity contribution in [2.75, 3.05) is 13.2 Å². The Morgan fingerprint density at radius 1 is 1.25 bits per heavy atom. The quantitative estimate of drug-likeness (QED) is 0.928. The van der Waals surface area contributed by atoms with Gasteiger partial charge in [-0.1, -0.05) is 18.2 Å². The first-order valence-electron chi connectivity index (χ1n) is 6.64. The smallest absolute Gasteiger partial charge is 0.314 e. The molecule has 5 nitrogen and oxygen atoms in total. The van der Waals surface area contributed by atoms with Crippen molar-refractivity contribution < 1.29 is 14.6 Å². The van der Waals surface area contributed by atoms with E-state index in [1.807, 2.05) is 36.5 Å². The number of nitrogens with zero attached hydrogens (tertiary/aromatic N) is 2. The topological polar surface area (TPSA) is 64.3 Å². The first-order chi connectivity index (χ1) is 9.72. The Kier molecular flexibility index (Phi) is 3.28. The molecule has 0 aliphatic carbocycles. The van der Waals surface area contributed by atoms with Gasteiger partial charge in [-0.05, 0) is 25.0 Å². The molecule has 0 unspecified atom stereocenters. The lowest BCUT2D eigenvalue weighted by Crippen LogP contribution is -2.41. The Balaban J connectivity index is 1.98. The van der Waals surface area contributed by atoms with Gasteiger partial charge in [0.2, 0.25) is 0 Å². The minimum absolute atomic E-state index is 0.475. The molecule has 0 atom stereocenters. The van der Waals surface area contributed by atoms with E-state index in [2.05, 4.69) is 5.10 Å². The van der Waals surface area contributed by atoms with Crippen molar-refractivity contribution >= 4 is 5.97 Å². The number of carbonyl (C=O) groups is 1. The van der Waals surface area contributed by atoms with Crippen LogP contribution >= 0.6 is 0 Å². The van der Waals surface area contributed by atoms with E-state index < -0.39 is 11.4 Å². The summed E-state index contributed by atoms with van der Waals surface area (Å²) in [6, 6.07) is 9.67. The van der Waals surface area contributed by atoms with Crippen LogP contribution in [0.25, 0.3) is 5.69 Å². The lowest BCUT2D eigenvalue weighted by atomic mass is 9.75. The van der Waals surface area contributed by atoms with Crippen molar-refractivity contribution in [3.63, 3.8) is 0 Å². The van der Waals surface area contributed by atoms with Gasteiger partial charge in [-0.3, -0.25) is 4.79 Å². The number of carboxylic acid groups (broad SMARTS) is 1. The van der Waals surface area contributed by atoms with Gasteiger partial charge in [-0.2, -0.15) is 5.10 Å². The van der Waals surface area contributed by atoms with Crippen LogP contribution in [-0.2, 0) is 14.9 Å². The highest BCUT2D eigenvalue weighted by Gasteiger charge is 2.42. The number of para-hydroxylation sites is 1. The van der Waals surface area contributed by atoms with E-state index in [9.17, 15) is 9.90 Å². The molecule has 0 amide bonds. The Morgan fingerprint density at radius 3 is 2.60 bits per heavy atom. The molecule has 5 heteroatoms. The van der Waals surface area contributed by atoms with E-state index in [1.54, 1.807) is 10.9 Å². The molecule has 0 bridgehead atoms. The summed E-state index contributed by atoms with van der Waals surface area (Å²) in [4.78, 5) is 11.7. The number of ether oxygens (including phenoxy) is 1. The van der Waals surface area contributed by atoms with Gasteiger partial charge < -0.3 is 9.84 Å². The van der Waals surface area contributed by atoms with Crippen LogP contribution in [0, 0.1) is 0 Å². The predicted octanol–water partition coefficient (Wildman–Crippen LogP) is 2.01. The SMILES string of the molecule is O=C(O)C1(c2cnn(-c3ccccc3)c2)CCOCC1. The molecule has 0 saturated carbocycles. The number of rotatable bonds is 3. The van der Waals surface area contributed by atoms with E-state index in [-0.39, 0.29) is 0 Å². The van der Waals surface area contributed by atoms with Crippen molar-refractivity contribution in [2.45, 2.75) is 18.3 Å². The lowest BCUT2D eigenvalue weighted by Gasteiger charge is -2.32. The molecular weight excluding hydrogens is 256 g/mol. The molecule has 3 rings (SSSR count). The van der Waals surface area contributed by atoms with E-state index >= 15 is 0 Å². The molecule has 1 aromatic carbocycles. The first kappa shape index (κ1) is 12.9. The standard InChI is InChI=1S/C15H16N2O3/c18-14(19)15(6-8-20-9-7-15)12-10-16-17(11-12)13-4-2-1-3-5-13/h1-5,10-11H,6-9H2,(H,18,19). The van der Waals surface area contributed by atoms with Crippen LogP contribution < -0.4 is 0 Å². The summed E-state index contributed by atoms with van der Waals surface area (Å²) in [6.45, 7) is 0.950. The number of hydrogen-bond donors (Lipinski definition) is 1. The molecular formula is C15H16N2O3. The third-order valence-electron chi connectivity index (χ3n) is 3.91. The van der Waals surface area contributed by atoms with E-state index in [0.717, 1.165) is 11.3 Å². The van der Waals surface area contributed by atoms with Gasteiger partial charge in [0.1, 0.15) is 5.41 Å². The average molecular weight is 272 g/mol. The van der Waals surface area contributed by atoms with Gasteiger partial charge in [0.05, 0.1) is 11.9 Å². The van der Waals surface area contributed by atoms with Gasteiger partial charge in [0, 0.05) is 25.0 Å². The second kappa shape index (κ2) is 5.09. The van der Waals surface area contributed by atoms with E-state index in [1.165, 1.54) is 0 Å². The highest BCUT2D eigenvalue weighted by molar-refractivity contribution is 5.81. The predicted molar refractivity (Wildman–Crippen MR) is 72.9 cm³/mol. The molecule has 1 fully saturated rings. The molecule has 0 spiro atoms. The van der Waals surface area contributed by atoms with Crippen LogP contribution in [0.1, 0.15) is 18.4 Å². The maximum absolute atomic E-state index is 11.7. The third kappa shape index (κ3) is 2.10. The summed E-state index contributed by atoms with van der Waals surface area (Å²) in [5.41, 5.74) is 0.800. The van der Waals surface area contributed by atoms with E-state index in [0.29, 0.717) is 26.1 Å². The zero-order chi connectivity index (χ0) is 14.0. The van der Waals surface area contributed by atoms with Crippen molar-refractivity contribution in [2.24, 2.45) is 0 Å². The molecule has 1 aliphatic heterocycles. The zero-order valence-electron chi connectivity index (χ0n) is 11.0. The van der Waals surface area contributed by atoms with E-state index in [4.69, 9.17) is 4.74 Å². The van der Waals surface area contributed by atoms with Gasteiger partial charge in [-0.15, -0.1) is 0 Å². The Bertz CT molecular complexity index is 601. The summed E-state index contributed by atoms with van der Waals surface area (Å²) >= 11 is 0. The molecule has 1 saturated heterocycles. The summed E-state index contributed by atoms with van der Waals surface area (Å²) in [6.07, 6.45) is 4.45. The Morgan fingerprint density at radius 2 is 1.95 bits per heavy atom. The molecule has 1 aromatic heterocycles. The summed E-state index contributed by atoms with van der Waals surface area (Å²) in [5, 5.41) is 13.9. The molecule has 104 valence electrons. The second-order valence-electron chi connectivity index (χ2n) is 5.01. The van der Waals surface area contributed by atoms with Crippen LogP contribution in [0.2, 0.25) is 0 Å². The fourth-order valence-corrected chi connectivity index (χ4v) is 2.64. The number of aromatic nitrogens is 2. The molecule has 1 aliphatic rings. The highest BCUT2D eigenvalue weighted by atomic mass is 16.5. The van der Waals surface area contributed by atoms with Crippen LogP contribution in [0.3, 0.4) is 0 Å². The highest BCUT2D eigenvalue weighted by Crippen LogP contribution is 2.35. The van der Waals surface area contributed by atoms with Gasteiger partial charge in [-0.25, -0.2) is 4.68 Å². The molecule has 0 radical (unpaired) electrons. The lowest BCUT2D eigenvalue weighted by molar-refractivity contribution is -0.147. The van der Waals surface area contributed by atoms with Crippen LogP contribution in [0.5, 0.6) is 0 Å². The van der Waals surface area contributed by atoms with Crippen LogP contribution in [-0.4, -0.2) is 34.1 Å². The maximum Gasteiger partial charge on any atom is 0.314 e. The fourth-order valence-electron chi connectivity index (χ4n) is 2.64. The third-order valence-corrected chi connectivity index (χ3v) is 3.91. The van der Waals surface area contributed by atoms with Crippen molar-refractivity contribution in [1.82, 2.24) is 9.78 Å². The van der Waals surface area contributed by atoms with Crippen molar-refractivity contribution in [1.29, 1.82) is 0 Å². The monoisotopic (exact) mass is 272 g/mol. The largest absolute Gasteiger partial charge is 0.481 e. The van der Waals surface area contributed by atoms with Crippen LogP contribution in [0.4, 0.5) is 0 Å². The average Bonchev–Trinajstić information content (AvgIpc) is 2.99. The zero-order valence-corrected chi connectivity index (χ0v) is 11.0. The molecule has 20 heavy (non-hydrogen) atoms. The fraction of sp³-hybridized carbons (Fsp3) is 0.333. The van der Waals surface area contributed by atoms with Gasteiger partial charge in [0.25, 0.3) is 0 Å². The normalized spacial score (nSPS) is 17.8.